The van der Waals surface area contributed by atoms with Gasteiger partial charge in [-0.1, -0.05) is 42.5 Å². The van der Waals surface area contributed by atoms with Crippen LogP contribution >= 0.6 is 0 Å². The molecule has 3 aromatic rings. The van der Waals surface area contributed by atoms with E-state index in [0.29, 0.717) is 17.1 Å². The van der Waals surface area contributed by atoms with Crippen LogP contribution in [-0.4, -0.2) is 28.0 Å². The molecule has 30 heavy (non-hydrogen) atoms. The van der Waals surface area contributed by atoms with Crippen LogP contribution in [0.5, 0.6) is 5.75 Å². The molecule has 0 aliphatic heterocycles. The Balaban J connectivity index is 1.93. The monoisotopic (exact) mass is 422 g/mol. The van der Waals surface area contributed by atoms with Crippen LogP contribution < -0.4 is 14.4 Å². The van der Waals surface area contributed by atoms with Crippen molar-refractivity contribution >= 4 is 27.3 Å². The summed E-state index contributed by atoms with van der Waals surface area (Å²) < 4.78 is 33.1. The summed E-state index contributed by atoms with van der Waals surface area (Å²) in [6.07, 6.45) is 1.52. The molecule has 0 saturated carbocycles. The molecule has 0 atom stereocenters. The highest BCUT2D eigenvalue weighted by Gasteiger charge is 2.25. The molecule has 0 heterocycles. The molecule has 6 nitrogen and oxygen atoms in total. The molecule has 0 unspecified atom stereocenters. The number of carbonyl (C=O) groups is 1. The maximum Gasteiger partial charge on any atom is 0.264 e. The summed E-state index contributed by atoms with van der Waals surface area (Å²) in [7, 11) is -2.39. The average molecular weight is 423 g/mol. The van der Waals surface area contributed by atoms with E-state index in [1.807, 2.05) is 6.07 Å². The number of hydrogen-bond acceptors (Lipinski definition) is 4. The quantitative estimate of drug-likeness (QED) is 0.548. The summed E-state index contributed by atoms with van der Waals surface area (Å²) in [5.74, 6) is 0.0717. The Morgan fingerprint density at radius 1 is 1.03 bits per heavy atom. The molecule has 0 aliphatic carbocycles. The number of ether oxygens (including phenoxy) is 1. The van der Waals surface area contributed by atoms with Gasteiger partial charge in [-0.05, 0) is 42.5 Å². The van der Waals surface area contributed by atoms with Gasteiger partial charge in [0, 0.05) is 5.56 Å². The van der Waals surface area contributed by atoms with Crippen molar-refractivity contribution in [2.75, 3.05) is 23.3 Å². The maximum atomic E-state index is 13.3. The normalized spacial score (nSPS) is 10.8. The number of amides is 1. The highest BCUT2D eigenvalue weighted by Crippen LogP contribution is 2.26. The SMILES string of the molecule is C=CCN(c1ccccc1)S(=O)(=O)c1cccc(C(=O)Nc2ccccc2OC)c1. The van der Waals surface area contributed by atoms with Gasteiger partial charge in [-0.2, -0.15) is 0 Å². The Morgan fingerprint density at radius 3 is 2.43 bits per heavy atom. The topological polar surface area (TPSA) is 75.7 Å². The third-order valence-electron chi connectivity index (χ3n) is 4.38. The lowest BCUT2D eigenvalue weighted by atomic mass is 10.2. The van der Waals surface area contributed by atoms with Crippen LogP contribution in [0.3, 0.4) is 0 Å². The van der Waals surface area contributed by atoms with Crippen molar-refractivity contribution in [1.29, 1.82) is 0 Å². The molecule has 0 radical (unpaired) electrons. The summed E-state index contributed by atoms with van der Waals surface area (Å²) >= 11 is 0. The van der Waals surface area contributed by atoms with E-state index < -0.39 is 15.9 Å². The summed E-state index contributed by atoms with van der Waals surface area (Å²) in [4.78, 5) is 12.8. The standard InChI is InChI=1S/C23H22N2O4S/c1-3-16-25(19-11-5-4-6-12-19)30(27,28)20-13-9-10-18(17-20)23(26)24-21-14-7-8-15-22(21)29-2/h3-15,17H,1,16H2,2H3,(H,24,26). The molecule has 1 amide bonds. The van der Waals surface area contributed by atoms with Gasteiger partial charge in [-0.15, -0.1) is 6.58 Å². The van der Waals surface area contributed by atoms with E-state index in [-0.39, 0.29) is 17.0 Å². The van der Waals surface area contributed by atoms with Crippen molar-refractivity contribution in [3.8, 4) is 5.75 Å². The van der Waals surface area contributed by atoms with Crippen molar-refractivity contribution in [3.63, 3.8) is 0 Å². The summed E-state index contributed by atoms with van der Waals surface area (Å²) in [6, 6.07) is 21.7. The number of hydrogen-bond donors (Lipinski definition) is 1. The molecule has 0 bridgehead atoms. The zero-order valence-electron chi connectivity index (χ0n) is 16.5. The maximum absolute atomic E-state index is 13.3. The van der Waals surface area contributed by atoms with Crippen molar-refractivity contribution in [1.82, 2.24) is 0 Å². The molecular weight excluding hydrogens is 400 g/mol. The van der Waals surface area contributed by atoms with E-state index in [4.69, 9.17) is 4.74 Å². The molecular formula is C23H22N2O4S. The van der Waals surface area contributed by atoms with Crippen LogP contribution in [0.1, 0.15) is 10.4 Å². The van der Waals surface area contributed by atoms with Gasteiger partial charge in [0.05, 0.1) is 29.9 Å². The Bertz CT molecular complexity index is 1140. The fourth-order valence-electron chi connectivity index (χ4n) is 2.92. The first kappa shape index (κ1) is 21.1. The second-order valence-corrected chi connectivity index (χ2v) is 8.20. The molecule has 3 aromatic carbocycles. The number of nitrogens with one attached hydrogen (secondary N) is 1. The molecule has 0 fully saturated rings. The molecule has 1 N–H and O–H groups in total. The van der Waals surface area contributed by atoms with E-state index in [9.17, 15) is 13.2 Å². The first-order valence-electron chi connectivity index (χ1n) is 9.20. The highest BCUT2D eigenvalue weighted by molar-refractivity contribution is 7.92. The van der Waals surface area contributed by atoms with Crippen molar-refractivity contribution in [2.45, 2.75) is 4.90 Å². The van der Waals surface area contributed by atoms with Gasteiger partial charge in [0.15, 0.2) is 0 Å². The van der Waals surface area contributed by atoms with Gasteiger partial charge in [0.2, 0.25) is 0 Å². The minimum atomic E-state index is -3.90. The van der Waals surface area contributed by atoms with E-state index in [1.165, 1.54) is 29.6 Å². The van der Waals surface area contributed by atoms with E-state index in [2.05, 4.69) is 11.9 Å². The summed E-state index contributed by atoms with van der Waals surface area (Å²) in [6.45, 7) is 3.76. The number of carbonyl (C=O) groups excluding carboxylic acids is 1. The Morgan fingerprint density at radius 2 is 1.73 bits per heavy atom. The van der Waals surface area contributed by atoms with Crippen LogP contribution in [-0.2, 0) is 10.0 Å². The van der Waals surface area contributed by atoms with Gasteiger partial charge < -0.3 is 10.1 Å². The minimum absolute atomic E-state index is 0.0147. The predicted molar refractivity (Wildman–Crippen MR) is 119 cm³/mol. The number of para-hydroxylation sites is 3. The third kappa shape index (κ3) is 4.52. The number of benzene rings is 3. The minimum Gasteiger partial charge on any atom is -0.495 e. The number of rotatable bonds is 8. The molecule has 0 aliphatic rings. The van der Waals surface area contributed by atoms with E-state index >= 15 is 0 Å². The first-order chi connectivity index (χ1) is 14.5. The molecule has 7 heteroatoms. The zero-order valence-corrected chi connectivity index (χ0v) is 17.3. The van der Waals surface area contributed by atoms with Gasteiger partial charge >= 0.3 is 0 Å². The second-order valence-electron chi connectivity index (χ2n) is 6.34. The smallest absolute Gasteiger partial charge is 0.264 e. The van der Waals surface area contributed by atoms with E-state index in [0.717, 1.165) is 0 Å². The highest BCUT2D eigenvalue weighted by atomic mass is 32.2. The fourth-order valence-corrected chi connectivity index (χ4v) is 4.40. The lowest BCUT2D eigenvalue weighted by Gasteiger charge is -2.23. The van der Waals surface area contributed by atoms with Crippen molar-refractivity contribution in [2.24, 2.45) is 0 Å². The first-order valence-corrected chi connectivity index (χ1v) is 10.6. The van der Waals surface area contributed by atoms with Crippen LogP contribution in [0.2, 0.25) is 0 Å². The second kappa shape index (κ2) is 9.28. The van der Waals surface area contributed by atoms with Crippen LogP contribution in [0, 0.1) is 0 Å². The summed E-state index contributed by atoms with van der Waals surface area (Å²) in [5, 5.41) is 2.75. The average Bonchev–Trinajstić information content (AvgIpc) is 2.78. The predicted octanol–water partition coefficient (Wildman–Crippen LogP) is 4.33. The lowest BCUT2D eigenvalue weighted by molar-refractivity contribution is 0.102. The van der Waals surface area contributed by atoms with Gasteiger partial charge in [0.25, 0.3) is 15.9 Å². The zero-order chi connectivity index (χ0) is 21.6. The number of methoxy groups -OCH3 is 1. The van der Waals surface area contributed by atoms with Crippen LogP contribution in [0.15, 0.2) is 96.4 Å². The van der Waals surface area contributed by atoms with Crippen molar-refractivity contribution in [3.05, 3.63) is 97.1 Å². The van der Waals surface area contributed by atoms with E-state index in [1.54, 1.807) is 60.7 Å². The van der Waals surface area contributed by atoms with Crippen LogP contribution in [0.25, 0.3) is 0 Å². The Labute approximate surface area is 176 Å². The Kier molecular flexibility index (Phi) is 6.54. The molecule has 154 valence electrons. The fraction of sp³-hybridized carbons (Fsp3) is 0.0870. The van der Waals surface area contributed by atoms with Gasteiger partial charge in [-0.25, -0.2) is 8.42 Å². The number of anilines is 2. The molecule has 0 aromatic heterocycles. The molecule has 3 rings (SSSR count). The van der Waals surface area contributed by atoms with Crippen molar-refractivity contribution < 1.29 is 17.9 Å². The Hall–Kier alpha value is -3.58. The number of sulfonamides is 1. The summed E-state index contributed by atoms with van der Waals surface area (Å²) in [5.41, 5.74) is 1.23. The largest absolute Gasteiger partial charge is 0.495 e. The molecule has 0 saturated heterocycles. The van der Waals surface area contributed by atoms with Crippen LogP contribution in [0.4, 0.5) is 11.4 Å². The third-order valence-corrected chi connectivity index (χ3v) is 6.17. The van der Waals surface area contributed by atoms with Gasteiger partial charge in [-0.3, -0.25) is 9.10 Å². The molecule has 0 spiro atoms. The lowest BCUT2D eigenvalue weighted by Crippen LogP contribution is -2.31. The van der Waals surface area contributed by atoms with Gasteiger partial charge in [0.1, 0.15) is 5.75 Å². The number of nitrogens with zero attached hydrogens (tertiary/aromatic N) is 1.